The summed E-state index contributed by atoms with van der Waals surface area (Å²) in [5, 5.41) is 5.15. The Morgan fingerprint density at radius 2 is 1.97 bits per heavy atom. The van der Waals surface area contributed by atoms with Gasteiger partial charge < -0.3 is 10.1 Å². The van der Waals surface area contributed by atoms with Gasteiger partial charge in [0.2, 0.25) is 0 Å². The van der Waals surface area contributed by atoms with Crippen molar-refractivity contribution in [3.63, 3.8) is 0 Å². The molecule has 0 aliphatic heterocycles. The largest absolute Gasteiger partial charge is 0.487 e. The molecule has 0 saturated heterocycles. The predicted molar refractivity (Wildman–Crippen MR) is 136 cm³/mol. The van der Waals surface area contributed by atoms with Crippen LogP contribution in [-0.4, -0.2) is 20.7 Å². The molecular weight excluding hydrogens is 471 g/mol. The number of aromatic nitrogens is 3. The lowest BCUT2D eigenvalue weighted by atomic mass is 10.1. The van der Waals surface area contributed by atoms with Gasteiger partial charge in [-0.3, -0.25) is 9.78 Å². The van der Waals surface area contributed by atoms with E-state index in [-0.39, 0.29) is 12.2 Å². The van der Waals surface area contributed by atoms with Crippen LogP contribution in [0.1, 0.15) is 24.6 Å². The fourth-order valence-corrected chi connectivity index (χ4v) is 3.75. The first-order valence-electron chi connectivity index (χ1n) is 10.7. The molecule has 2 aromatic carbocycles. The maximum Gasteiger partial charge on any atom is 0.161 e. The fraction of sp³-hybridized carbons (Fsp3) is 0.154. The standard InChI is InChI=1S/C26H22Cl2N4O2/c1-2-3-7-21(33)11-20-12-22-24(14-29-20)30-16-31-26(22)32-19-8-9-25(23(28)13-19)34-15-17-5-4-6-18(27)10-17/h3-10,12-14,16H,2,11,15H2,1H3,(H,30,31,32)/b7-3+. The van der Waals surface area contributed by atoms with E-state index in [0.29, 0.717) is 39.4 Å². The SMILES string of the molecule is CC/C=C/C(=O)Cc1cc2c(Nc3ccc(OCc4cccc(Cl)c4)c(Cl)c3)ncnc2cn1. The van der Waals surface area contributed by atoms with Crippen molar-refractivity contribution in [3.8, 4) is 5.75 Å². The van der Waals surface area contributed by atoms with Gasteiger partial charge in [0.25, 0.3) is 0 Å². The summed E-state index contributed by atoms with van der Waals surface area (Å²) in [6.45, 7) is 2.34. The Hall–Kier alpha value is -3.48. The number of rotatable bonds is 9. The van der Waals surface area contributed by atoms with Crippen LogP contribution in [0.25, 0.3) is 10.9 Å². The number of anilines is 2. The second kappa shape index (κ2) is 11.1. The molecule has 0 radical (unpaired) electrons. The number of carbonyl (C=O) groups is 1. The van der Waals surface area contributed by atoms with Crippen molar-refractivity contribution >= 4 is 51.4 Å². The number of hydrogen-bond donors (Lipinski definition) is 1. The molecule has 8 heteroatoms. The molecule has 0 aliphatic rings. The summed E-state index contributed by atoms with van der Waals surface area (Å²) in [6, 6.07) is 14.7. The van der Waals surface area contributed by atoms with Crippen molar-refractivity contribution in [2.45, 2.75) is 26.4 Å². The first-order valence-corrected chi connectivity index (χ1v) is 11.5. The number of pyridine rings is 1. The van der Waals surface area contributed by atoms with Gasteiger partial charge in [-0.05, 0) is 54.5 Å². The lowest BCUT2D eigenvalue weighted by molar-refractivity contribution is -0.114. The molecule has 0 amide bonds. The summed E-state index contributed by atoms with van der Waals surface area (Å²) >= 11 is 12.5. The number of nitrogens with one attached hydrogen (secondary N) is 1. The van der Waals surface area contributed by atoms with Crippen LogP contribution in [0, 0.1) is 0 Å². The maximum absolute atomic E-state index is 12.1. The molecule has 0 saturated carbocycles. The van der Waals surface area contributed by atoms with Gasteiger partial charge in [0.05, 0.1) is 23.2 Å². The average molecular weight is 493 g/mol. The number of halogens is 2. The van der Waals surface area contributed by atoms with E-state index < -0.39 is 0 Å². The van der Waals surface area contributed by atoms with Crippen molar-refractivity contribution in [1.29, 1.82) is 0 Å². The first kappa shape index (κ1) is 23.7. The molecule has 0 bridgehead atoms. The molecule has 0 atom stereocenters. The van der Waals surface area contributed by atoms with Gasteiger partial charge in [0.15, 0.2) is 5.78 Å². The van der Waals surface area contributed by atoms with Crippen LogP contribution in [0.4, 0.5) is 11.5 Å². The van der Waals surface area contributed by atoms with Gasteiger partial charge in [0.1, 0.15) is 24.5 Å². The van der Waals surface area contributed by atoms with Gasteiger partial charge in [-0.25, -0.2) is 9.97 Å². The molecule has 2 aromatic heterocycles. The molecule has 0 fully saturated rings. The summed E-state index contributed by atoms with van der Waals surface area (Å²) in [6.07, 6.45) is 7.56. The number of benzene rings is 2. The van der Waals surface area contributed by atoms with E-state index in [0.717, 1.165) is 23.1 Å². The molecule has 2 heterocycles. The number of carbonyl (C=O) groups excluding carboxylic acids is 1. The molecule has 0 aliphatic carbocycles. The van der Waals surface area contributed by atoms with E-state index in [1.54, 1.807) is 24.4 Å². The molecule has 4 rings (SSSR count). The Labute approximate surface area is 207 Å². The zero-order valence-electron chi connectivity index (χ0n) is 18.5. The third kappa shape index (κ3) is 6.10. The molecule has 0 spiro atoms. The number of hydrogen-bond acceptors (Lipinski definition) is 6. The first-order chi connectivity index (χ1) is 16.5. The van der Waals surface area contributed by atoms with Crippen molar-refractivity contribution in [2.24, 2.45) is 0 Å². The lowest BCUT2D eigenvalue weighted by Crippen LogP contribution is -2.03. The fourth-order valence-electron chi connectivity index (χ4n) is 3.31. The molecule has 6 nitrogen and oxygen atoms in total. The average Bonchev–Trinajstić information content (AvgIpc) is 2.83. The smallest absolute Gasteiger partial charge is 0.161 e. The number of nitrogens with zero attached hydrogens (tertiary/aromatic N) is 3. The minimum absolute atomic E-state index is 0.000188. The van der Waals surface area contributed by atoms with Crippen LogP contribution >= 0.6 is 23.2 Å². The van der Waals surface area contributed by atoms with E-state index in [1.165, 1.54) is 6.33 Å². The predicted octanol–water partition coefficient (Wildman–Crippen LogP) is 6.73. The Morgan fingerprint density at radius 1 is 1.09 bits per heavy atom. The number of allylic oxidation sites excluding steroid dienone is 2. The molecule has 0 unspecified atom stereocenters. The van der Waals surface area contributed by atoms with E-state index >= 15 is 0 Å². The second-order valence-corrected chi connectivity index (χ2v) is 8.40. The summed E-state index contributed by atoms with van der Waals surface area (Å²) in [4.78, 5) is 25.1. The Kier molecular flexibility index (Phi) is 7.72. The Balaban J connectivity index is 1.51. The normalized spacial score (nSPS) is 11.1. The van der Waals surface area contributed by atoms with Gasteiger partial charge in [-0.15, -0.1) is 0 Å². The summed E-state index contributed by atoms with van der Waals surface area (Å²) in [7, 11) is 0. The van der Waals surface area contributed by atoms with E-state index in [2.05, 4.69) is 20.3 Å². The highest BCUT2D eigenvalue weighted by molar-refractivity contribution is 6.32. The van der Waals surface area contributed by atoms with E-state index in [1.807, 2.05) is 49.4 Å². The van der Waals surface area contributed by atoms with Crippen LogP contribution < -0.4 is 10.1 Å². The van der Waals surface area contributed by atoms with Crippen molar-refractivity contribution < 1.29 is 9.53 Å². The quantitative estimate of drug-likeness (QED) is 0.261. The van der Waals surface area contributed by atoms with Crippen molar-refractivity contribution in [3.05, 3.63) is 94.5 Å². The summed E-state index contributed by atoms with van der Waals surface area (Å²) in [5.74, 6) is 1.15. The van der Waals surface area contributed by atoms with Gasteiger partial charge >= 0.3 is 0 Å². The summed E-state index contributed by atoms with van der Waals surface area (Å²) < 4.78 is 5.84. The summed E-state index contributed by atoms with van der Waals surface area (Å²) in [5.41, 5.74) is 3.01. The lowest BCUT2D eigenvalue weighted by Gasteiger charge is -2.12. The van der Waals surface area contributed by atoms with Crippen LogP contribution in [-0.2, 0) is 17.8 Å². The van der Waals surface area contributed by atoms with Crippen LogP contribution in [0.15, 0.2) is 73.2 Å². The van der Waals surface area contributed by atoms with E-state index in [9.17, 15) is 4.79 Å². The van der Waals surface area contributed by atoms with Gasteiger partial charge in [-0.1, -0.05) is 48.3 Å². The number of fused-ring (bicyclic) bond motifs is 1. The molecule has 34 heavy (non-hydrogen) atoms. The minimum Gasteiger partial charge on any atom is -0.487 e. The minimum atomic E-state index is 0.000188. The zero-order chi connectivity index (χ0) is 23.9. The number of ketones is 1. The monoisotopic (exact) mass is 492 g/mol. The zero-order valence-corrected chi connectivity index (χ0v) is 20.0. The molecule has 4 aromatic rings. The van der Waals surface area contributed by atoms with Gasteiger partial charge in [-0.2, -0.15) is 0 Å². The van der Waals surface area contributed by atoms with Crippen molar-refractivity contribution in [1.82, 2.24) is 15.0 Å². The van der Waals surface area contributed by atoms with Crippen LogP contribution in [0.5, 0.6) is 5.75 Å². The number of ether oxygens (including phenoxy) is 1. The topological polar surface area (TPSA) is 77.0 Å². The maximum atomic E-state index is 12.1. The third-order valence-corrected chi connectivity index (χ3v) is 5.48. The van der Waals surface area contributed by atoms with Crippen molar-refractivity contribution in [2.75, 3.05) is 5.32 Å². The highest BCUT2D eigenvalue weighted by atomic mass is 35.5. The molecule has 1 N–H and O–H groups in total. The second-order valence-electron chi connectivity index (χ2n) is 7.56. The highest BCUT2D eigenvalue weighted by Crippen LogP contribution is 2.31. The third-order valence-electron chi connectivity index (χ3n) is 4.95. The Bertz CT molecular complexity index is 1360. The van der Waals surface area contributed by atoms with Crippen LogP contribution in [0.3, 0.4) is 0 Å². The molecular formula is C26H22Cl2N4O2. The Morgan fingerprint density at radius 3 is 2.76 bits per heavy atom. The van der Waals surface area contributed by atoms with Gasteiger partial charge in [0, 0.05) is 21.8 Å². The highest BCUT2D eigenvalue weighted by Gasteiger charge is 2.10. The van der Waals surface area contributed by atoms with Crippen LogP contribution in [0.2, 0.25) is 10.0 Å². The van der Waals surface area contributed by atoms with E-state index in [4.69, 9.17) is 27.9 Å². The molecule has 172 valence electrons.